The molecule has 0 fully saturated rings. The van der Waals surface area contributed by atoms with Crippen LogP contribution in [0.15, 0.2) is 24.3 Å². The Kier molecular flexibility index (Phi) is 5.09. The highest BCUT2D eigenvalue weighted by atomic mass is 35.5. The van der Waals surface area contributed by atoms with E-state index in [9.17, 15) is 14.9 Å². The lowest BCUT2D eigenvalue weighted by atomic mass is 10.1. The molecule has 1 rings (SSSR count). The summed E-state index contributed by atoms with van der Waals surface area (Å²) in [6, 6.07) is 5.55. The molecular weight excluding hydrogens is 256 g/mol. The summed E-state index contributed by atoms with van der Waals surface area (Å²) in [6.07, 6.45) is 0. The van der Waals surface area contributed by atoms with Gasteiger partial charge in [-0.25, -0.2) is 0 Å². The summed E-state index contributed by atoms with van der Waals surface area (Å²) in [7, 11) is 0. The van der Waals surface area contributed by atoms with Crippen LogP contribution in [-0.4, -0.2) is 22.8 Å². The van der Waals surface area contributed by atoms with E-state index in [1.54, 1.807) is 6.07 Å². The van der Waals surface area contributed by atoms with Crippen LogP contribution in [0.5, 0.6) is 0 Å². The molecule has 98 valence electrons. The molecule has 18 heavy (non-hydrogen) atoms. The Morgan fingerprint density at radius 1 is 1.50 bits per heavy atom. The van der Waals surface area contributed by atoms with Crippen molar-refractivity contribution in [3.05, 3.63) is 39.9 Å². The zero-order chi connectivity index (χ0) is 13.7. The fraction of sp³-hybridized carbons (Fsp3) is 0.417. The Morgan fingerprint density at radius 2 is 2.17 bits per heavy atom. The summed E-state index contributed by atoms with van der Waals surface area (Å²) in [6.45, 7) is 3.77. The second-order valence-electron chi connectivity index (χ2n) is 4.20. The zero-order valence-corrected chi connectivity index (χ0v) is 11.0. The Balaban J connectivity index is 2.78. The lowest BCUT2D eigenvalue weighted by molar-refractivity contribution is -0.384. The fourth-order valence-corrected chi connectivity index (χ4v) is 1.59. The van der Waals surface area contributed by atoms with E-state index < -0.39 is 4.92 Å². The molecule has 1 aromatic rings. The van der Waals surface area contributed by atoms with Crippen LogP contribution >= 0.6 is 11.6 Å². The van der Waals surface area contributed by atoms with Gasteiger partial charge in [0.05, 0.1) is 4.92 Å². The quantitative estimate of drug-likeness (QED) is 0.508. The van der Waals surface area contributed by atoms with Gasteiger partial charge in [0.25, 0.3) is 11.6 Å². The van der Waals surface area contributed by atoms with Gasteiger partial charge in [0.1, 0.15) is 0 Å². The molecule has 0 bridgehead atoms. The van der Waals surface area contributed by atoms with Crippen LogP contribution in [0, 0.1) is 16.0 Å². The van der Waals surface area contributed by atoms with Gasteiger partial charge in [-0.05, 0) is 18.9 Å². The molecule has 0 aliphatic rings. The molecule has 1 amide bonds. The smallest absolute Gasteiger partial charge is 0.270 e. The maximum absolute atomic E-state index is 11.9. The highest BCUT2D eigenvalue weighted by Crippen LogP contribution is 2.13. The van der Waals surface area contributed by atoms with Gasteiger partial charge in [0.2, 0.25) is 0 Å². The van der Waals surface area contributed by atoms with E-state index in [0.29, 0.717) is 5.88 Å². The minimum absolute atomic E-state index is 0.0886. The molecular formula is C12H15ClN2O3. The first-order chi connectivity index (χ1) is 8.45. The summed E-state index contributed by atoms with van der Waals surface area (Å²) >= 11 is 5.70. The van der Waals surface area contributed by atoms with E-state index in [-0.39, 0.29) is 29.1 Å². The van der Waals surface area contributed by atoms with Crippen LogP contribution in [-0.2, 0) is 0 Å². The van der Waals surface area contributed by atoms with Crippen molar-refractivity contribution >= 4 is 23.2 Å². The van der Waals surface area contributed by atoms with Crippen LogP contribution in [0.25, 0.3) is 0 Å². The van der Waals surface area contributed by atoms with Gasteiger partial charge in [-0.1, -0.05) is 13.0 Å². The van der Waals surface area contributed by atoms with E-state index in [2.05, 4.69) is 5.32 Å². The number of amides is 1. The summed E-state index contributed by atoms with van der Waals surface area (Å²) in [5.41, 5.74) is 0.179. The number of carbonyl (C=O) groups excluding carboxylic acids is 1. The van der Waals surface area contributed by atoms with Gasteiger partial charge < -0.3 is 5.32 Å². The molecule has 0 spiro atoms. The molecule has 0 aliphatic carbocycles. The van der Waals surface area contributed by atoms with Crippen molar-refractivity contribution in [3.63, 3.8) is 0 Å². The average Bonchev–Trinajstić information content (AvgIpc) is 2.37. The Hall–Kier alpha value is -1.62. The van der Waals surface area contributed by atoms with Gasteiger partial charge in [-0.2, -0.15) is 0 Å². The zero-order valence-electron chi connectivity index (χ0n) is 10.2. The maximum atomic E-state index is 11.9. The molecule has 5 nitrogen and oxygen atoms in total. The van der Waals surface area contributed by atoms with E-state index in [0.717, 1.165) is 0 Å². The molecule has 2 atom stereocenters. The first kappa shape index (κ1) is 14.4. The average molecular weight is 271 g/mol. The monoisotopic (exact) mass is 270 g/mol. The van der Waals surface area contributed by atoms with E-state index in [1.807, 2.05) is 13.8 Å². The van der Waals surface area contributed by atoms with Crippen LogP contribution in [0.3, 0.4) is 0 Å². The summed E-state index contributed by atoms with van der Waals surface area (Å²) in [5, 5.41) is 13.4. The standard InChI is InChI=1S/C12H15ClN2O3/c1-8(7-13)9(2)14-12(16)10-4-3-5-11(6-10)15(17)18/h3-6,8-9H,7H2,1-2H3,(H,14,16). The number of non-ortho nitro benzene ring substituents is 1. The second kappa shape index (κ2) is 6.35. The number of nitrogens with zero attached hydrogens (tertiary/aromatic N) is 1. The SMILES string of the molecule is CC(CCl)C(C)NC(=O)c1cccc([N+](=O)[O-])c1. The normalized spacial score (nSPS) is 13.7. The second-order valence-corrected chi connectivity index (χ2v) is 4.51. The number of hydrogen-bond donors (Lipinski definition) is 1. The largest absolute Gasteiger partial charge is 0.349 e. The number of alkyl halides is 1. The van der Waals surface area contributed by atoms with Crippen molar-refractivity contribution in [2.24, 2.45) is 5.92 Å². The van der Waals surface area contributed by atoms with E-state index in [4.69, 9.17) is 11.6 Å². The first-order valence-electron chi connectivity index (χ1n) is 5.57. The highest BCUT2D eigenvalue weighted by molar-refractivity contribution is 6.18. The van der Waals surface area contributed by atoms with Crippen molar-refractivity contribution in [3.8, 4) is 0 Å². The van der Waals surface area contributed by atoms with E-state index in [1.165, 1.54) is 18.2 Å². The third-order valence-electron chi connectivity index (χ3n) is 2.77. The number of carbonyl (C=O) groups is 1. The van der Waals surface area contributed by atoms with Gasteiger partial charge in [-0.3, -0.25) is 14.9 Å². The maximum Gasteiger partial charge on any atom is 0.270 e. The van der Waals surface area contributed by atoms with Crippen molar-refractivity contribution in [2.75, 3.05) is 5.88 Å². The molecule has 1 N–H and O–H groups in total. The third kappa shape index (κ3) is 3.70. The number of nitrogens with one attached hydrogen (secondary N) is 1. The first-order valence-corrected chi connectivity index (χ1v) is 6.10. The number of hydrogen-bond acceptors (Lipinski definition) is 3. The molecule has 0 aliphatic heterocycles. The van der Waals surface area contributed by atoms with Gasteiger partial charge in [0, 0.05) is 29.6 Å². The number of halogens is 1. The highest BCUT2D eigenvalue weighted by Gasteiger charge is 2.16. The van der Waals surface area contributed by atoms with Crippen molar-refractivity contribution in [1.82, 2.24) is 5.32 Å². The molecule has 1 aromatic carbocycles. The van der Waals surface area contributed by atoms with Gasteiger partial charge >= 0.3 is 0 Å². The summed E-state index contributed by atoms with van der Waals surface area (Å²) < 4.78 is 0. The van der Waals surface area contributed by atoms with Gasteiger partial charge in [-0.15, -0.1) is 11.6 Å². The van der Waals surface area contributed by atoms with Crippen molar-refractivity contribution < 1.29 is 9.72 Å². The van der Waals surface area contributed by atoms with Crippen LogP contribution in [0.4, 0.5) is 5.69 Å². The van der Waals surface area contributed by atoms with Gasteiger partial charge in [0.15, 0.2) is 0 Å². The third-order valence-corrected chi connectivity index (χ3v) is 3.26. The number of nitro benzene ring substituents is 1. The fourth-order valence-electron chi connectivity index (χ4n) is 1.33. The Labute approximate surface area is 110 Å². The van der Waals surface area contributed by atoms with Crippen LogP contribution in [0.2, 0.25) is 0 Å². The minimum atomic E-state index is -0.526. The molecule has 0 heterocycles. The molecule has 0 saturated carbocycles. The molecule has 0 aromatic heterocycles. The number of benzene rings is 1. The van der Waals surface area contributed by atoms with E-state index >= 15 is 0 Å². The molecule has 0 radical (unpaired) electrons. The van der Waals surface area contributed by atoms with Crippen molar-refractivity contribution in [1.29, 1.82) is 0 Å². The molecule has 6 heteroatoms. The minimum Gasteiger partial charge on any atom is -0.349 e. The topological polar surface area (TPSA) is 72.2 Å². The summed E-state index contributed by atoms with van der Waals surface area (Å²) in [5.74, 6) is 0.244. The summed E-state index contributed by atoms with van der Waals surface area (Å²) in [4.78, 5) is 22.0. The molecule has 0 saturated heterocycles. The lowest BCUT2D eigenvalue weighted by Gasteiger charge is -2.18. The van der Waals surface area contributed by atoms with Crippen LogP contribution < -0.4 is 5.32 Å². The predicted octanol–water partition coefficient (Wildman–Crippen LogP) is 2.59. The van der Waals surface area contributed by atoms with Crippen molar-refractivity contribution in [2.45, 2.75) is 19.9 Å². The number of rotatable bonds is 5. The lowest BCUT2D eigenvalue weighted by Crippen LogP contribution is -2.37. The Morgan fingerprint density at radius 3 is 2.72 bits per heavy atom. The predicted molar refractivity (Wildman–Crippen MR) is 69.9 cm³/mol. The Bertz CT molecular complexity index is 451. The molecule has 2 unspecified atom stereocenters. The number of nitro groups is 1. The van der Waals surface area contributed by atoms with Crippen LogP contribution in [0.1, 0.15) is 24.2 Å².